The molecule has 0 heterocycles. The van der Waals surface area contributed by atoms with E-state index in [1.807, 2.05) is 0 Å². The average molecular weight is 373 g/mol. The summed E-state index contributed by atoms with van der Waals surface area (Å²) in [5.41, 5.74) is 0.660. The SMILES string of the molecule is CN(C)C(=O)c1cccc(NS(=O)(=O)c2ccc(Cl)c(Cl)c2)c1. The van der Waals surface area contributed by atoms with Gasteiger partial charge in [0.15, 0.2) is 0 Å². The highest BCUT2D eigenvalue weighted by molar-refractivity contribution is 7.92. The van der Waals surface area contributed by atoms with E-state index in [2.05, 4.69) is 4.72 Å². The maximum absolute atomic E-state index is 12.4. The number of hydrogen-bond donors (Lipinski definition) is 1. The maximum atomic E-state index is 12.4. The molecule has 0 aliphatic heterocycles. The lowest BCUT2D eigenvalue weighted by atomic mass is 10.2. The Kier molecular flexibility index (Phi) is 5.19. The summed E-state index contributed by atoms with van der Waals surface area (Å²) >= 11 is 11.6. The molecule has 0 unspecified atom stereocenters. The number of amides is 1. The van der Waals surface area contributed by atoms with Gasteiger partial charge in [-0.1, -0.05) is 29.3 Å². The summed E-state index contributed by atoms with van der Waals surface area (Å²) in [6.07, 6.45) is 0. The monoisotopic (exact) mass is 372 g/mol. The highest BCUT2D eigenvalue weighted by Crippen LogP contribution is 2.26. The quantitative estimate of drug-likeness (QED) is 0.892. The van der Waals surface area contributed by atoms with Crippen molar-refractivity contribution >= 4 is 44.8 Å². The van der Waals surface area contributed by atoms with Gasteiger partial charge < -0.3 is 4.90 Å². The fraction of sp³-hybridized carbons (Fsp3) is 0.133. The van der Waals surface area contributed by atoms with Crippen molar-refractivity contribution in [2.24, 2.45) is 0 Å². The smallest absolute Gasteiger partial charge is 0.261 e. The molecule has 8 heteroatoms. The predicted octanol–water partition coefficient (Wildman–Crippen LogP) is 3.50. The molecule has 122 valence electrons. The van der Waals surface area contributed by atoms with Gasteiger partial charge in [-0.2, -0.15) is 0 Å². The first kappa shape index (κ1) is 17.6. The van der Waals surface area contributed by atoms with Crippen molar-refractivity contribution in [1.82, 2.24) is 4.90 Å². The number of carbonyl (C=O) groups is 1. The number of rotatable bonds is 4. The Morgan fingerprint density at radius 3 is 2.35 bits per heavy atom. The molecule has 0 aliphatic carbocycles. The molecule has 0 radical (unpaired) electrons. The number of hydrogen-bond acceptors (Lipinski definition) is 3. The van der Waals surface area contributed by atoms with E-state index in [9.17, 15) is 13.2 Å². The fourth-order valence-corrected chi connectivity index (χ4v) is 3.27. The van der Waals surface area contributed by atoms with E-state index in [0.717, 1.165) is 0 Å². The van der Waals surface area contributed by atoms with Crippen LogP contribution in [0.25, 0.3) is 0 Å². The highest BCUT2D eigenvalue weighted by atomic mass is 35.5. The van der Waals surface area contributed by atoms with Crippen molar-refractivity contribution in [3.63, 3.8) is 0 Å². The summed E-state index contributed by atoms with van der Waals surface area (Å²) in [7, 11) is -0.593. The van der Waals surface area contributed by atoms with Gasteiger partial charge in [0, 0.05) is 25.3 Å². The first-order chi connectivity index (χ1) is 10.7. The number of sulfonamides is 1. The number of nitrogens with one attached hydrogen (secondary N) is 1. The summed E-state index contributed by atoms with van der Waals surface area (Å²) in [4.78, 5) is 13.3. The predicted molar refractivity (Wildman–Crippen MR) is 91.7 cm³/mol. The molecule has 0 atom stereocenters. The average Bonchev–Trinajstić information content (AvgIpc) is 2.48. The standard InChI is InChI=1S/C15H14Cl2N2O3S/c1-19(2)15(20)10-4-3-5-11(8-10)18-23(21,22)12-6-7-13(16)14(17)9-12/h3-9,18H,1-2H3. The molecule has 0 fully saturated rings. The Hall–Kier alpha value is -1.76. The second kappa shape index (κ2) is 6.78. The van der Waals surface area contributed by atoms with Crippen LogP contribution >= 0.6 is 23.2 Å². The van der Waals surface area contributed by atoms with Crippen LogP contribution in [0.3, 0.4) is 0 Å². The van der Waals surface area contributed by atoms with E-state index in [1.165, 1.54) is 29.2 Å². The first-order valence-electron chi connectivity index (χ1n) is 6.50. The topological polar surface area (TPSA) is 66.5 Å². The molecule has 2 aromatic rings. The number of nitrogens with zero attached hydrogens (tertiary/aromatic N) is 1. The van der Waals surface area contributed by atoms with Gasteiger partial charge in [0.05, 0.1) is 14.9 Å². The Labute approximate surface area is 144 Å². The molecule has 1 amide bonds. The van der Waals surface area contributed by atoms with Crippen LogP contribution in [0.4, 0.5) is 5.69 Å². The van der Waals surface area contributed by atoms with Gasteiger partial charge in [0.1, 0.15) is 0 Å². The van der Waals surface area contributed by atoms with Crippen LogP contribution in [0.1, 0.15) is 10.4 Å². The summed E-state index contributed by atoms with van der Waals surface area (Å²) in [5, 5.41) is 0.412. The van der Waals surface area contributed by atoms with Crippen LogP contribution in [0.5, 0.6) is 0 Å². The minimum absolute atomic E-state index is 0.0174. The third-order valence-corrected chi connectivity index (χ3v) is 5.09. The molecule has 0 saturated heterocycles. The van der Waals surface area contributed by atoms with Gasteiger partial charge >= 0.3 is 0 Å². The molecule has 0 bridgehead atoms. The van der Waals surface area contributed by atoms with Crippen LogP contribution < -0.4 is 4.72 Å². The van der Waals surface area contributed by atoms with Gasteiger partial charge in [-0.05, 0) is 36.4 Å². The van der Waals surface area contributed by atoms with E-state index < -0.39 is 10.0 Å². The molecule has 0 aliphatic rings. The van der Waals surface area contributed by atoms with Crippen molar-refractivity contribution in [3.05, 3.63) is 58.1 Å². The number of anilines is 1. The molecule has 0 saturated carbocycles. The maximum Gasteiger partial charge on any atom is 0.261 e. The van der Waals surface area contributed by atoms with Gasteiger partial charge in [0.2, 0.25) is 0 Å². The molecule has 1 N–H and O–H groups in total. The zero-order chi connectivity index (χ0) is 17.2. The molecule has 0 spiro atoms. The lowest BCUT2D eigenvalue weighted by Crippen LogP contribution is -2.22. The zero-order valence-electron chi connectivity index (χ0n) is 12.4. The molecule has 2 aromatic carbocycles. The molecule has 2 rings (SSSR count). The third-order valence-electron chi connectivity index (χ3n) is 2.97. The van der Waals surface area contributed by atoms with Gasteiger partial charge in [-0.15, -0.1) is 0 Å². The molecule has 0 aromatic heterocycles. The largest absolute Gasteiger partial charge is 0.345 e. The second-order valence-corrected chi connectivity index (χ2v) is 7.46. The number of halogens is 2. The van der Waals surface area contributed by atoms with Crippen LogP contribution in [0.2, 0.25) is 10.0 Å². The Morgan fingerprint density at radius 1 is 1.04 bits per heavy atom. The summed E-state index contributed by atoms with van der Waals surface area (Å²) in [5.74, 6) is -0.222. The summed E-state index contributed by atoms with van der Waals surface area (Å²) < 4.78 is 27.2. The second-order valence-electron chi connectivity index (χ2n) is 4.96. The summed E-state index contributed by atoms with van der Waals surface area (Å²) in [6.45, 7) is 0. The third kappa shape index (κ3) is 4.16. The van der Waals surface area contributed by atoms with Gasteiger partial charge in [0.25, 0.3) is 15.9 Å². The fourth-order valence-electron chi connectivity index (χ4n) is 1.83. The van der Waals surface area contributed by atoms with Crippen molar-refractivity contribution in [1.29, 1.82) is 0 Å². The van der Waals surface area contributed by atoms with E-state index in [-0.39, 0.29) is 26.5 Å². The summed E-state index contributed by atoms with van der Waals surface area (Å²) in [6, 6.07) is 10.3. The zero-order valence-corrected chi connectivity index (χ0v) is 14.7. The van der Waals surface area contributed by atoms with Crippen molar-refractivity contribution in [3.8, 4) is 0 Å². The van der Waals surface area contributed by atoms with Gasteiger partial charge in [-0.3, -0.25) is 9.52 Å². The number of carbonyl (C=O) groups excluding carboxylic acids is 1. The molecule has 23 heavy (non-hydrogen) atoms. The lowest BCUT2D eigenvalue weighted by molar-refractivity contribution is 0.0827. The van der Waals surface area contributed by atoms with Crippen molar-refractivity contribution in [2.75, 3.05) is 18.8 Å². The lowest BCUT2D eigenvalue weighted by Gasteiger charge is -2.12. The minimum Gasteiger partial charge on any atom is -0.345 e. The number of benzene rings is 2. The van der Waals surface area contributed by atoms with E-state index in [1.54, 1.807) is 32.3 Å². The van der Waals surface area contributed by atoms with Crippen LogP contribution in [-0.2, 0) is 10.0 Å². The van der Waals surface area contributed by atoms with Crippen LogP contribution in [-0.4, -0.2) is 33.3 Å². The van der Waals surface area contributed by atoms with E-state index in [4.69, 9.17) is 23.2 Å². The highest BCUT2D eigenvalue weighted by Gasteiger charge is 2.17. The first-order valence-corrected chi connectivity index (χ1v) is 8.74. The van der Waals surface area contributed by atoms with Crippen molar-refractivity contribution < 1.29 is 13.2 Å². The molecular formula is C15H14Cl2N2O3S. The van der Waals surface area contributed by atoms with Crippen molar-refractivity contribution in [2.45, 2.75) is 4.90 Å². The normalized spacial score (nSPS) is 11.1. The van der Waals surface area contributed by atoms with Gasteiger partial charge in [-0.25, -0.2) is 8.42 Å². The Morgan fingerprint density at radius 2 is 1.74 bits per heavy atom. The Bertz CT molecular complexity index is 852. The van der Waals surface area contributed by atoms with E-state index in [0.29, 0.717) is 5.56 Å². The Balaban J connectivity index is 2.32. The molecule has 5 nitrogen and oxygen atoms in total. The van der Waals surface area contributed by atoms with Crippen LogP contribution in [0.15, 0.2) is 47.4 Å². The molecular weight excluding hydrogens is 359 g/mol. The minimum atomic E-state index is -3.83. The van der Waals surface area contributed by atoms with E-state index >= 15 is 0 Å². The van der Waals surface area contributed by atoms with Crippen LogP contribution in [0, 0.1) is 0 Å².